The molecular weight excluding hydrogens is 228 g/mol. The first-order valence-corrected chi connectivity index (χ1v) is 7.51. The molecule has 0 bridgehead atoms. The summed E-state index contributed by atoms with van der Waals surface area (Å²) in [5.41, 5.74) is 1.43. The van der Waals surface area contributed by atoms with Crippen molar-refractivity contribution in [3.05, 3.63) is 29.8 Å². The van der Waals surface area contributed by atoms with Gasteiger partial charge in [0.15, 0.2) is 0 Å². The predicted octanol–water partition coefficient (Wildman–Crippen LogP) is 2.84. The lowest BCUT2D eigenvalue weighted by molar-refractivity contribution is 0.322. The minimum absolute atomic E-state index is 1.03. The standard InChI is InChI=1S/C14H24N2S/c1-4-9-15-10-11-16(2)12-13-7-5-6-8-14(13)17-3/h5-8,15H,4,9-12H2,1-3H3. The van der Waals surface area contributed by atoms with Gasteiger partial charge in [-0.1, -0.05) is 25.1 Å². The number of rotatable bonds is 8. The van der Waals surface area contributed by atoms with Gasteiger partial charge in [0.25, 0.3) is 0 Å². The van der Waals surface area contributed by atoms with Gasteiger partial charge in [-0.15, -0.1) is 11.8 Å². The van der Waals surface area contributed by atoms with Gasteiger partial charge in [-0.05, 0) is 37.9 Å². The smallest absolute Gasteiger partial charge is 0.0242 e. The Morgan fingerprint density at radius 3 is 2.71 bits per heavy atom. The number of hydrogen-bond donors (Lipinski definition) is 1. The number of nitrogens with zero attached hydrogens (tertiary/aromatic N) is 1. The van der Waals surface area contributed by atoms with Crippen LogP contribution in [-0.4, -0.2) is 37.8 Å². The van der Waals surface area contributed by atoms with Crippen LogP contribution in [0.3, 0.4) is 0 Å². The Morgan fingerprint density at radius 2 is 2.00 bits per heavy atom. The molecule has 0 radical (unpaired) electrons. The van der Waals surface area contributed by atoms with E-state index in [1.165, 1.54) is 16.9 Å². The van der Waals surface area contributed by atoms with Gasteiger partial charge >= 0.3 is 0 Å². The van der Waals surface area contributed by atoms with Gasteiger partial charge in [0.05, 0.1) is 0 Å². The van der Waals surface area contributed by atoms with Crippen molar-refractivity contribution in [2.24, 2.45) is 0 Å². The zero-order chi connectivity index (χ0) is 12.5. The maximum atomic E-state index is 3.43. The number of nitrogens with one attached hydrogen (secondary N) is 1. The summed E-state index contributed by atoms with van der Waals surface area (Å²) in [5.74, 6) is 0. The van der Waals surface area contributed by atoms with Crippen LogP contribution in [0.4, 0.5) is 0 Å². The molecule has 0 unspecified atom stereocenters. The predicted molar refractivity (Wildman–Crippen MR) is 77.7 cm³/mol. The third-order valence-electron chi connectivity index (χ3n) is 2.73. The van der Waals surface area contributed by atoms with Crippen molar-refractivity contribution in [1.29, 1.82) is 0 Å². The number of hydrogen-bond acceptors (Lipinski definition) is 3. The topological polar surface area (TPSA) is 15.3 Å². The normalized spacial score (nSPS) is 11.1. The van der Waals surface area contributed by atoms with Crippen molar-refractivity contribution in [1.82, 2.24) is 10.2 Å². The Balaban J connectivity index is 2.36. The summed E-state index contributed by atoms with van der Waals surface area (Å²) in [5, 5.41) is 3.43. The van der Waals surface area contributed by atoms with Gasteiger partial charge in [0.1, 0.15) is 0 Å². The molecule has 0 aliphatic carbocycles. The minimum Gasteiger partial charge on any atom is -0.315 e. The van der Waals surface area contributed by atoms with E-state index < -0.39 is 0 Å². The highest BCUT2D eigenvalue weighted by molar-refractivity contribution is 7.98. The molecule has 0 atom stereocenters. The maximum absolute atomic E-state index is 3.43. The van der Waals surface area contributed by atoms with E-state index in [2.05, 4.69) is 54.7 Å². The molecule has 1 aromatic rings. The Hall–Kier alpha value is -0.510. The fourth-order valence-electron chi connectivity index (χ4n) is 1.78. The lowest BCUT2D eigenvalue weighted by atomic mass is 10.2. The molecule has 0 saturated heterocycles. The molecule has 2 nitrogen and oxygen atoms in total. The van der Waals surface area contributed by atoms with Crippen LogP contribution in [0.25, 0.3) is 0 Å². The summed E-state index contributed by atoms with van der Waals surface area (Å²) < 4.78 is 0. The molecule has 96 valence electrons. The molecule has 0 aromatic heterocycles. The summed E-state index contributed by atoms with van der Waals surface area (Å²) in [4.78, 5) is 3.76. The fraction of sp³-hybridized carbons (Fsp3) is 0.571. The minimum atomic E-state index is 1.03. The Bertz CT molecular complexity index is 315. The third kappa shape index (κ3) is 5.57. The second-order valence-corrected chi connectivity index (χ2v) is 5.15. The van der Waals surface area contributed by atoms with Crippen LogP contribution < -0.4 is 5.32 Å². The van der Waals surface area contributed by atoms with E-state index >= 15 is 0 Å². The molecule has 0 saturated carbocycles. The van der Waals surface area contributed by atoms with Crippen molar-refractivity contribution < 1.29 is 0 Å². The average Bonchev–Trinajstić information content (AvgIpc) is 2.35. The molecule has 0 amide bonds. The zero-order valence-corrected chi connectivity index (χ0v) is 12.0. The fourth-order valence-corrected chi connectivity index (χ4v) is 2.38. The molecular formula is C14H24N2S. The van der Waals surface area contributed by atoms with Crippen molar-refractivity contribution >= 4 is 11.8 Å². The molecule has 1 rings (SSSR count). The summed E-state index contributed by atoms with van der Waals surface area (Å²) >= 11 is 1.83. The van der Waals surface area contributed by atoms with E-state index in [0.717, 1.165) is 26.2 Å². The molecule has 0 aliphatic heterocycles. The van der Waals surface area contributed by atoms with Crippen LogP contribution in [-0.2, 0) is 6.54 Å². The zero-order valence-electron chi connectivity index (χ0n) is 11.2. The highest BCUT2D eigenvalue weighted by atomic mass is 32.2. The number of benzene rings is 1. The third-order valence-corrected chi connectivity index (χ3v) is 3.57. The van der Waals surface area contributed by atoms with Crippen LogP contribution in [0.2, 0.25) is 0 Å². The van der Waals surface area contributed by atoms with Crippen LogP contribution in [0.1, 0.15) is 18.9 Å². The van der Waals surface area contributed by atoms with Crippen LogP contribution in [0.5, 0.6) is 0 Å². The first-order chi connectivity index (χ1) is 8.27. The summed E-state index contributed by atoms with van der Waals surface area (Å²) in [6, 6.07) is 8.65. The van der Waals surface area contributed by atoms with Gasteiger partial charge in [0.2, 0.25) is 0 Å². The van der Waals surface area contributed by atoms with E-state index in [4.69, 9.17) is 0 Å². The maximum Gasteiger partial charge on any atom is 0.0242 e. The molecule has 0 aliphatic rings. The largest absolute Gasteiger partial charge is 0.315 e. The summed E-state index contributed by atoms with van der Waals surface area (Å²) in [6.45, 7) is 6.53. The molecule has 17 heavy (non-hydrogen) atoms. The van der Waals surface area contributed by atoms with Gasteiger partial charge in [0, 0.05) is 24.5 Å². The lowest BCUT2D eigenvalue weighted by Crippen LogP contribution is -2.29. The van der Waals surface area contributed by atoms with Crippen molar-refractivity contribution in [2.45, 2.75) is 24.8 Å². The van der Waals surface area contributed by atoms with Gasteiger partial charge < -0.3 is 10.2 Å². The van der Waals surface area contributed by atoms with Crippen molar-refractivity contribution in [3.63, 3.8) is 0 Å². The lowest BCUT2D eigenvalue weighted by Gasteiger charge is -2.18. The van der Waals surface area contributed by atoms with Crippen LogP contribution in [0.15, 0.2) is 29.2 Å². The molecule has 1 aromatic carbocycles. The van der Waals surface area contributed by atoms with E-state index in [1.54, 1.807) is 0 Å². The summed E-state index contributed by atoms with van der Waals surface area (Å²) in [7, 11) is 2.19. The Labute approximate surface area is 110 Å². The van der Waals surface area contributed by atoms with E-state index in [1.807, 2.05) is 11.8 Å². The van der Waals surface area contributed by atoms with Gasteiger partial charge in [-0.2, -0.15) is 0 Å². The van der Waals surface area contributed by atoms with E-state index in [0.29, 0.717) is 0 Å². The molecule has 0 heterocycles. The number of likely N-dealkylation sites (N-methyl/N-ethyl adjacent to an activating group) is 1. The van der Waals surface area contributed by atoms with Gasteiger partial charge in [-0.25, -0.2) is 0 Å². The highest BCUT2D eigenvalue weighted by Crippen LogP contribution is 2.20. The number of thioether (sulfide) groups is 1. The molecule has 0 spiro atoms. The van der Waals surface area contributed by atoms with Gasteiger partial charge in [-0.3, -0.25) is 0 Å². The first kappa shape index (κ1) is 14.6. The Kier molecular flexibility index (Phi) is 7.33. The Morgan fingerprint density at radius 1 is 1.24 bits per heavy atom. The molecule has 0 fully saturated rings. The van der Waals surface area contributed by atoms with Crippen molar-refractivity contribution in [2.75, 3.05) is 32.9 Å². The van der Waals surface area contributed by atoms with E-state index in [9.17, 15) is 0 Å². The van der Waals surface area contributed by atoms with E-state index in [-0.39, 0.29) is 0 Å². The molecule has 3 heteroatoms. The second kappa shape index (κ2) is 8.56. The second-order valence-electron chi connectivity index (χ2n) is 4.30. The average molecular weight is 252 g/mol. The summed E-state index contributed by atoms with van der Waals surface area (Å²) in [6.07, 6.45) is 3.35. The van der Waals surface area contributed by atoms with Crippen molar-refractivity contribution in [3.8, 4) is 0 Å². The van der Waals surface area contributed by atoms with Crippen LogP contribution >= 0.6 is 11.8 Å². The SMILES string of the molecule is CCCNCCN(C)Cc1ccccc1SC. The highest BCUT2D eigenvalue weighted by Gasteiger charge is 2.03. The first-order valence-electron chi connectivity index (χ1n) is 6.29. The quantitative estimate of drug-likeness (QED) is 0.566. The van der Waals surface area contributed by atoms with Crippen LogP contribution in [0, 0.1) is 0 Å². The molecule has 1 N–H and O–H groups in total. The monoisotopic (exact) mass is 252 g/mol.